The molecular formula is C17H17BrFNO. The van der Waals surface area contributed by atoms with Gasteiger partial charge in [0.15, 0.2) is 5.78 Å². The highest BCUT2D eigenvalue weighted by molar-refractivity contribution is 9.10. The molecule has 110 valence electrons. The molecule has 0 spiro atoms. The number of halogens is 2. The summed E-state index contributed by atoms with van der Waals surface area (Å²) in [4.78, 5) is 14.2. The largest absolute Gasteiger partial charge is 0.371 e. The van der Waals surface area contributed by atoms with Gasteiger partial charge >= 0.3 is 0 Å². The van der Waals surface area contributed by atoms with Crippen LogP contribution >= 0.6 is 15.9 Å². The summed E-state index contributed by atoms with van der Waals surface area (Å²) in [5, 5.41) is 0. The molecule has 0 atom stereocenters. The lowest BCUT2D eigenvalue weighted by Crippen LogP contribution is -2.25. The molecular weight excluding hydrogens is 333 g/mol. The zero-order chi connectivity index (χ0) is 15.2. The maximum absolute atomic E-state index is 12.9. The number of Topliss-reactive ketones (excluding diaryl/α,β-unsaturated/α-hetero) is 1. The van der Waals surface area contributed by atoms with Gasteiger partial charge in [-0.25, -0.2) is 4.39 Å². The number of carbonyl (C=O) groups is 1. The van der Waals surface area contributed by atoms with Crippen LogP contribution in [0.3, 0.4) is 0 Å². The topological polar surface area (TPSA) is 20.3 Å². The highest BCUT2D eigenvalue weighted by Gasteiger charge is 2.10. The molecule has 0 saturated heterocycles. The van der Waals surface area contributed by atoms with Crippen molar-refractivity contribution < 1.29 is 9.18 Å². The van der Waals surface area contributed by atoms with Gasteiger partial charge in [-0.2, -0.15) is 0 Å². The third kappa shape index (κ3) is 4.39. The zero-order valence-corrected chi connectivity index (χ0v) is 13.4. The summed E-state index contributed by atoms with van der Waals surface area (Å²) < 4.78 is 13.9. The van der Waals surface area contributed by atoms with Gasteiger partial charge in [0.25, 0.3) is 0 Å². The fourth-order valence-corrected chi connectivity index (χ4v) is 2.40. The molecule has 2 aromatic rings. The molecule has 0 heterocycles. The minimum atomic E-state index is -0.249. The van der Waals surface area contributed by atoms with Crippen LogP contribution in [0, 0.1) is 5.82 Å². The van der Waals surface area contributed by atoms with Gasteiger partial charge in [0, 0.05) is 35.2 Å². The van der Waals surface area contributed by atoms with Crippen molar-refractivity contribution in [2.24, 2.45) is 0 Å². The van der Waals surface area contributed by atoms with E-state index in [1.54, 1.807) is 12.1 Å². The lowest BCUT2D eigenvalue weighted by Gasteiger charge is -2.22. The molecule has 0 N–H and O–H groups in total. The van der Waals surface area contributed by atoms with Gasteiger partial charge in [0.1, 0.15) is 5.82 Å². The van der Waals surface area contributed by atoms with Crippen LogP contribution in [0.1, 0.15) is 23.7 Å². The summed E-state index contributed by atoms with van der Waals surface area (Å²) >= 11 is 3.35. The van der Waals surface area contributed by atoms with E-state index in [4.69, 9.17) is 0 Å². The molecule has 21 heavy (non-hydrogen) atoms. The number of anilines is 1. The highest BCUT2D eigenvalue weighted by atomic mass is 79.9. The van der Waals surface area contributed by atoms with Crippen LogP contribution in [0.2, 0.25) is 0 Å². The lowest BCUT2D eigenvalue weighted by atomic mass is 10.1. The second-order valence-electron chi connectivity index (χ2n) is 4.74. The molecule has 2 rings (SSSR count). The Kier molecular flexibility index (Phi) is 5.51. The van der Waals surface area contributed by atoms with Crippen molar-refractivity contribution in [3.05, 3.63) is 64.4 Å². The van der Waals surface area contributed by atoms with Gasteiger partial charge in [-0.3, -0.25) is 4.79 Å². The molecule has 0 radical (unpaired) electrons. The molecule has 0 aliphatic carbocycles. The molecule has 0 aromatic heterocycles. The van der Waals surface area contributed by atoms with Crippen LogP contribution in [0.25, 0.3) is 0 Å². The maximum atomic E-state index is 12.9. The first kappa shape index (κ1) is 15.7. The molecule has 0 amide bonds. The van der Waals surface area contributed by atoms with Gasteiger partial charge in [-0.05, 0) is 43.3 Å². The second-order valence-corrected chi connectivity index (χ2v) is 5.65. The Bertz CT molecular complexity index is 595. The lowest BCUT2D eigenvalue weighted by molar-refractivity contribution is 0.0984. The first-order valence-corrected chi connectivity index (χ1v) is 7.68. The molecule has 0 bridgehead atoms. The Balaban J connectivity index is 1.98. The molecule has 4 heteroatoms. The van der Waals surface area contributed by atoms with Crippen LogP contribution in [0.5, 0.6) is 0 Å². The number of hydrogen-bond donors (Lipinski definition) is 0. The standard InChI is InChI=1S/C17H17BrFNO/c1-2-20(16-9-7-15(19)8-10-16)12-11-17(21)13-3-5-14(18)6-4-13/h3-10H,2,11-12H2,1H3. The number of nitrogens with zero attached hydrogens (tertiary/aromatic N) is 1. The molecule has 0 aliphatic rings. The Labute approximate surface area is 132 Å². The molecule has 2 nitrogen and oxygen atoms in total. The van der Waals surface area contributed by atoms with Crippen molar-refractivity contribution in [3.63, 3.8) is 0 Å². The smallest absolute Gasteiger partial charge is 0.164 e. The van der Waals surface area contributed by atoms with E-state index in [1.165, 1.54) is 12.1 Å². The van der Waals surface area contributed by atoms with E-state index in [9.17, 15) is 9.18 Å². The Morgan fingerprint density at radius 1 is 1.10 bits per heavy atom. The van der Waals surface area contributed by atoms with Crippen LogP contribution in [0.4, 0.5) is 10.1 Å². The Morgan fingerprint density at radius 3 is 2.29 bits per heavy atom. The van der Waals surface area contributed by atoms with E-state index < -0.39 is 0 Å². The first-order chi connectivity index (χ1) is 10.1. The molecule has 0 unspecified atom stereocenters. The monoisotopic (exact) mass is 349 g/mol. The van der Waals surface area contributed by atoms with Crippen LogP contribution in [-0.2, 0) is 0 Å². The van der Waals surface area contributed by atoms with Gasteiger partial charge in [0.05, 0.1) is 0 Å². The number of rotatable bonds is 6. The summed E-state index contributed by atoms with van der Waals surface area (Å²) in [5.41, 5.74) is 1.65. The van der Waals surface area contributed by atoms with Crippen LogP contribution < -0.4 is 4.90 Å². The summed E-state index contributed by atoms with van der Waals surface area (Å²) in [6, 6.07) is 13.7. The number of benzene rings is 2. The van der Waals surface area contributed by atoms with Crippen molar-refractivity contribution in [2.75, 3.05) is 18.0 Å². The normalized spacial score (nSPS) is 10.4. The van der Waals surface area contributed by atoms with Crippen molar-refractivity contribution >= 4 is 27.4 Å². The summed E-state index contributed by atoms with van der Waals surface area (Å²) in [6.45, 7) is 3.42. The summed E-state index contributed by atoms with van der Waals surface area (Å²) in [7, 11) is 0. The van der Waals surface area contributed by atoms with Gasteiger partial charge < -0.3 is 4.90 Å². The predicted octanol–water partition coefficient (Wildman–Crippen LogP) is 4.69. The molecule has 0 aliphatic heterocycles. The Morgan fingerprint density at radius 2 is 1.71 bits per heavy atom. The number of ketones is 1. The van der Waals surface area contributed by atoms with Gasteiger partial charge in [-0.1, -0.05) is 28.1 Å². The van der Waals surface area contributed by atoms with Gasteiger partial charge in [-0.15, -0.1) is 0 Å². The van der Waals surface area contributed by atoms with Crippen LogP contribution in [-0.4, -0.2) is 18.9 Å². The number of carbonyl (C=O) groups excluding carboxylic acids is 1. The predicted molar refractivity (Wildman–Crippen MR) is 87.4 cm³/mol. The molecule has 2 aromatic carbocycles. The van der Waals surface area contributed by atoms with E-state index in [-0.39, 0.29) is 11.6 Å². The third-order valence-electron chi connectivity index (χ3n) is 3.35. The quantitative estimate of drug-likeness (QED) is 0.705. The highest BCUT2D eigenvalue weighted by Crippen LogP contribution is 2.16. The minimum absolute atomic E-state index is 0.114. The fraction of sp³-hybridized carbons (Fsp3) is 0.235. The average Bonchev–Trinajstić information content (AvgIpc) is 2.50. The van der Waals surface area contributed by atoms with Gasteiger partial charge in [0.2, 0.25) is 0 Å². The zero-order valence-electron chi connectivity index (χ0n) is 11.9. The van der Waals surface area contributed by atoms with Crippen molar-refractivity contribution in [1.29, 1.82) is 0 Å². The summed E-state index contributed by atoms with van der Waals surface area (Å²) in [6.07, 6.45) is 0.437. The fourth-order valence-electron chi connectivity index (χ4n) is 2.14. The third-order valence-corrected chi connectivity index (χ3v) is 3.88. The second kappa shape index (κ2) is 7.36. The van der Waals surface area contributed by atoms with E-state index >= 15 is 0 Å². The van der Waals surface area contributed by atoms with E-state index in [0.29, 0.717) is 18.5 Å². The average molecular weight is 350 g/mol. The minimum Gasteiger partial charge on any atom is -0.371 e. The molecule has 0 fully saturated rings. The Hall–Kier alpha value is -1.68. The first-order valence-electron chi connectivity index (χ1n) is 6.89. The van der Waals surface area contributed by atoms with Crippen molar-refractivity contribution in [3.8, 4) is 0 Å². The van der Waals surface area contributed by atoms with E-state index in [0.717, 1.165) is 16.7 Å². The van der Waals surface area contributed by atoms with Crippen molar-refractivity contribution in [2.45, 2.75) is 13.3 Å². The van der Waals surface area contributed by atoms with Crippen molar-refractivity contribution in [1.82, 2.24) is 0 Å². The summed E-state index contributed by atoms with van der Waals surface area (Å²) in [5.74, 6) is -0.135. The maximum Gasteiger partial charge on any atom is 0.164 e. The number of hydrogen-bond acceptors (Lipinski definition) is 2. The van der Waals surface area contributed by atoms with Crippen LogP contribution in [0.15, 0.2) is 53.0 Å². The van der Waals surface area contributed by atoms with E-state index in [2.05, 4.69) is 20.8 Å². The van der Waals surface area contributed by atoms with E-state index in [1.807, 2.05) is 31.2 Å². The molecule has 0 saturated carbocycles. The SMILES string of the molecule is CCN(CCC(=O)c1ccc(Br)cc1)c1ccc(F)cc1.